The highest BCUT2D eigenvalue weighted by Gasteiger charge is 2.37. The van der Waals surface area contributed by atoms with E-state index in [9.17, 15) is 0 Å². The zero-order valence-corrected chi connectivity index (χ0v) is 37.5. The monoisotopic (exact) mass is 712 g/mol. The first-order valence-corrected chi connectivity index (χ1v) is 20.2. The summed E-state index contributed by atoms with van der Waals surface area (Å²) in [4.78, 5) is 8.02. The molecule has 0 unspecified atom stereocenters. The number of allylic oxidation sites excluding steroid dienone is 5. The smallest absolute Gasteiger partial charge is 0.0636 e. The van der Waals surface area contributed by atoms with E-state index in [0.29, 0.717) is 5.92 Å². The Morgan fingerprint density at radius 3 is 1.69 bits per heavy atom. The van der Waals surface area contributed by atoms with Gasteiger partial charge in [-0.15, -0.1) is 0 Å². The minimum atomic E-state index is 0.0845. The molecule has 0 amide bonds. The third-order valence-electron chi connectivity index (χ3n) is 7.44. The van der Waals surface area contributed by atoms with Crippen molar-refractivity contribution in [1.82, 2.24) is 5.32 Å². The Balaban J connectivity index is -0.000000180. The molecule has 1 N–H and O–H groups in total. The maximum absolute atomic E-state index is 5.93. The summed E-state index contributed by atoms with van der Waals surface area (Å²) in [6.07, 6.45) is 24.7. The summed E-state index contributed by atoms with van der Waals surface area (Å²) in [7, 11) is 3.75. The fourth-order valence-electron chi connectivity index (χ4n) is 6.18. The Kier molecular flexibility index (Phi) is 45.3. The van der Waals surface area contributed by atoms with Gasteiger partial charge in [0.2, 0.25) is 0 Å². The summed E-state index contributed by atoms with van der Waals surface area (Å²) in [5.74, 6) is 1.49. The second-order valence-corrected chi connectivity index (χ2v) is 13.2. The maximum Gasteiger partial charge on any atom is 0.0636 e. The summed E-state index contributed by atoms with van der Waals surface area (Å²) in [5.41, 5.74) is 5.58. The largest absolute Gasteiger partial charge is 0.393 e. The minimum absolute atomic E-state index is 0.0845. The van der Waals surface area contributed by atoms with Crippen LogP contribution < -0.4 is 5.32 Å². The number of rotatable bonds is 7. The molecule has 4 heteroatoms. The Morgan fingerprint density at radius 1 is 0.902 bits per heavy atom. The van der Waals surface area contributed by atoms with Crippen molar-refractivity contribution < 1.29 is 4.74 Å². The van der Waals surface area contributed by atoms with Gasteiger partial charge < -0.3 is 10.1 Å². The van der Waals surface area contributed by atoms with Crippen molar-refractivity contribution in [3.63, 3.8) is 0 Å². The van der Waals surface area contributed by atoms with E-state index in [4.69, 9.17) is 4.74 Å². The van der Waals surface area contributed by atoms with E-state index in [1.165, 1.54) is 80.2 Å². The van der Waals surface area contributed by atoms with Crippen LogP contribution in [0.4, 0.5) is 0 Å². The van der Waals surface area contributed by atoms with Crippen LogP contribution in [0, 0.1) is 25.7 Å². The number of ether oxygens (including phenoxy) is 1. The highest BCUT2D eigenvalue weighted by molar-refractivity contribution is 6.03. The van der Waals surface area contributed by atoms with Crippen LogP contribution in [0.3, 0.4) is 0 Å². The molecule has 0 spiro atoms. The lowest BCUT2D eigenvalue weighted by Crippen LogP contribution is -2.44. The number of aliphatic imine (C=N–C) groups is 2. The van der Waals surface area contributed by atoms with E-state index in [0.717, 1.165) is 5.92 Å². The first-order valence-electron chi connectivity index (χ1n) is 20.2. The molecule has 0 atom stereocenters. The molecule has 4 nitrogen and oxygen atoms in total. The molecule has 0 radical (unpaired) electrons. The van der Waals surface area contributed by atoms with E-state index in [1.807, 2.05) is 74.7 Å². The summed E-state index contributed by atoms with van der Waals surface area (Å²) < 4.78 is 5.93. The third-order valence-corrected chi connectivity index (χ3v) is 7.44. The maximum atomic E-state index is 5.93. The van der Waals surface area contributed by atoms with Crippen molar-refractivity contribution in [1.29, 1.82) is 0 Å². The van der Waals surface area contributed by atoms with Gasteiger partial charge in [0.15, 0.2) is 0 Å². The molecule has 0 bridgehead atoms. The molecular formula is C47H89N3O. The molecule has 298 valence electrons. The second-order valence-electron chi connectivity index (χ2n) is 13.2. The van der Waals surface area contributed by atoms with Crippen LogP contribution in [0.5, 0.6) is 0 Å². The summed E-state index contributed by atoms with van der Waals surface area (Å²) in [6, 6.07) is 6.72. The van der Waals surface area contributed by atoms with Crippen molar-refractivity contribution in [2.45, 2.75) is 180 Å². The van der Waals surface area contributed by atoms with Gasteiger partial charge in [-0.05, 0) is 111 Å². The second kappa shape index (κ2) is 40.1. The van der Waals surface area contributed by atoms with Crippen LogP contribution in [0.2, 0.25) is 0 Å². The van der Waals surface area contributed by atoms with Gasteiger partial charge in [0.25, 0.3) is 0 Å². The molecule has 1 aliphatic carbocycles. The van der Waals surface area contributed by atoms with Gasteiger partial charge in [0.05, 0.1) is 11.2 Å². The number of nitrogens with zero attached hydrogens (tertiary/aromatic N) is 2. The normalized spacial score (nSPS) is 16.2. The van der Waals surface area contributed by atoms with Crippen LogP contribution in [0.15, 0.2) is 77.5 Å². The molecule has 1 heterocycles. The molecule has 1 saturated heterocycles. The molecule has 1 aromatic carbocycles. The lowest BCUT2D eigenvalue weighted by Gasteiger charge is -2.44. The average Bonchev–Trinajstić information content (AvgIpc) is 3.10. The van der Waals surface area contributed by atoms with E-state index in [2.05, 4.69) is 121 Å². The standard InChI is InChI=1S/C16H23N.C10H20O.C6H12.C5H8.C4H8N2.3C2H6/c1-12-9-10-15(13(2)11-12)16(17-3)14-7-5-4-6-8-14;1-8-6-9(2,3)11-10(4,5)7-8;1-3-5-6-4-2;1-3-5-4-2;1-5-3-4-6-2;3*1-2/h9-11,14H,4-8H2,1-3H3;8H,6-7H2,1-5H3;5-6H,3-4H2,1-2H3;3-5H,1H2,2H3;3-4,6H,1H2,2H3;3*1-2H3/b;;6-5-;5-4+;4-3-;;;. The van der Waals surface area contributed by atoms with E-state index < -0.39 is 0 Å². The highest BCUT2D eigenvalue weighted by Crippen LogP contribution is 2.37. The predicted octanol–water partition coefficient (Wildman–Crippen LogP) is 14.9. The Hall–Kier alpha value is -2.72. The van der Waals surface area contributed by atoms with Crippen molar-refractivity contribution >= 4 is 12.4 Å². The first kappa shape index (κ1) is 57.6. The zero-order chi connectivity index (χ0) is 40.7. The number of hydrogen-bond donors (Lipinski definition) is 1. The van der Waals surface area contributed by atoms with Crippen LogP contribution in [-0.4, -0.2) is 37.7 Å². The number of aryl methyl sites for hydroxylation is 2. The van der Waals surface area contributed by atoms with Gasteiger partial charge >= 0.3 is 0 Å². The van der Waals surface area contributed by atoms with Gasteiger partial charge in [0, 0.05) is 38.1 Å². The van der Waals surface area contributed by atoms with Gasteiger partial charge in [-0.3, -0.25) is 9.98 Å². The Morgan fingerprint density at radius 2 is 1.39 bits per heavy atom. The van der Waals surface area contributed by atoms with Gasteiger partial charge in [-0.25, -0.2) is 0 Å². The van der Waals surface area contributed by atoms with Crippen molar-refractivity contribution in [2.24, 2.45) is 21.8 Å². The molecule has 3 rings (SSSR count). The molecule has 2 fully saturated rings. The SMILES string of the molecule is C=C/C=C/C.C=N/C=C\NC.CC.CC.CC.CC/C=C\CC.CC1CC(C)(C)OC(C)(C)C1.CN=C(c1ccc(C)cc1C)C1CCCCC1. The van der Waals surface area contributed by atoms with Crippen molar-refractivity contribution in [3.05, 3.63) is 84.2 Å². The lowest BCUT2D eigenvalue weighted by molar-refractivity contribution is -0.170. The number of hydrogen-bond acceptors (Lipinski definition) is 4. The quantitative estimate of drug-likeness (QED) is 0.174. The van der Waals surface area contributed by atoms with Crippen molar-refractivity contribution in [2.75, 3.05) is 14.1 Å². The predicted molar refractivity (Wildman–Crippen MR) is 239 cm³/mol. The van der Waals surface area contributed by atoms with Gasteiger partial charge in [-0.1, -0.05) is 142 Å². The molecule has 0 aromatic heterocycles. The fourth-order valence-corrected chi connectivity index (χ4v) is 6.18. The van der Waals surface area contributed by atoms with Crippen LogP contribution in [0.25, 0.3) is 0 Å². The summed E-state index contributed by atoms with van der Waals surface area (Å²) >= 11 is 0. The van der Waals surface area contributed by atoms with Crippen molar-refractivity contribution in [3.8, 4) is 0 Å². The molecule has 2 aliphatic rings. The van der Waals surface area contributed by atoms with Gasteiger partial charge in [-0.2, -0.15) is 0 Å². The summed E-state index contributed by atoms with van der Waals surface area (Å²) in [6.45, 7) is 40.3. The van der Waals surface area contributed by atoms with Crippen LogP contribution in [0.1, 0.15) is 171 Å². The lowest BCUT2D eigenvalue weighted by atomic mass is 9.82. The molecule has 1 saturated carbocycles. The minimum Gasteiger partial charge on any atom is -0.393 e. The van der Waals surface area contributed by atoms with E-state index in [-0.39, 0.29) is 11.2 Å². The van der Waals surface area contributed by atoms with E-state index >= 15 is 0 Å². The zero-order valence-electron chi connectivity index (χ0n) is 37.5. The van der Waals surface area contributed by atoms with Crippen LogP contribution >= 0.6 is 0 Å². The van der Waals surface area contributed by atoms with Gasteiger partial charge in [0.1, 0.15) is 0 Å². The topological polar surface area (TPSA) is 46.0 Å². The molecular weight excluding hydrogens is 623 g/mol. The Labute approximate surface area is 321 Å². The first-order chi connectivity index (χ1) is 24.3. The number of nitrogens with one attached hydrogen (secondary N) is 1. The molecule has 1 aliphatic heterocycles. The molecule has 1 aromatic rings. The fraction of sp³-hybridized carbons (Fsp3) is 0.660. The summed E-state index contributed by atoms with van der Waals surface area (Å²) in [5, 5.41) is 2.75. The average molecular weight is 712 g/mol. The molecule has 51 heavy (non-hydrogen) atoms. The van der Waals surface area contributed by atoms with E-state index in [1.54, 1.807) is 18.5 Å². The Bertz CT molecular complexity index is 1000. The number of benzene rings is 1. The van der Waals surface area contributed by atoms with Crippen LogP contribution in [-0.2, 0) is 4.74 Å². The third kappa shape index (κ3) is 35.5. The highest BCUT2D eigenvalue weighted by atomic mass is 16.5.